The standard InChI is InChI=1S/C17H38NO4P/c1-4-7-8-9-10-11-12-13-17(19)16(18)14-15-23(20,21-5-2)22-6-3/h16-17,19H,4-15,18H2,1-3H3/i12T2,13T2. The molecule has 0 radical (unpaired) electrons. The summed E-state index contributed by atoms with van der Waals surface area (Å²) in [6.45, 7) is 5.88. The van der Waals surface area contributed by atoms with Gasteiger partial charge in [-0.2, -0.15) is 0 Å². The van der Waals surface area contributed by atoms with Gasteiger partial charge < -0.3 is 19.9 Å². The van der Waals surface area contributed by atoms with Crippen molar-refractivity contribution < 1.29 is 24.2 Å². The van der Waals surface area contributed by atoms with Gasteiger partial charge in [-0.15, -0.1) is 0 Å². The minimum absolute atomic E-state index is 0.00450. The molecule has 0 bridgehead atoms. The maximum atomic E-state index is 12.5. The number of nitrogens with two attached hydrogens (primary N) is 1. The zero-order valence-corrected chi connectivity index (χ0v) is 15.8. The van der Waals surface area contributed by atoms with Gasteiger partial charge in [0.05, 0.1) is 25.5 Å². The van der Waals surface area contributed by atoms with E-state index < -0.39 is 32.5 Å². The summed E-state index contributed by atoms with van der Waals surface area (Å²) in [5.74, 6) is 0. The van der Waals surface area contributed by atoms with Gasteiger partial charge in [-0.1, -0.05) is 51.8 Å². The van der Waals surface area contributed by atoms with Crippen LogP contribution in [0.4, 0.5) is 0 Å². The Morgan fingerprint density at radius 2 is 1.65 bits per heavy atom. The lowest BCUT2D eigenvalue weighted by Gasteiger charge is -2.22. The van der Waals surface area contributed by atoms with Gasteiger partial charge in [0.15, 0.2) is 0 Å². The summed E-state index contributed by atoms with van der Waals surface area (Å²) >= 11 is 0. The fourth-order valence-corrected chi connectivity index (χ4v) is 3.86. The van der Waals surface area contributed by atoms with E-state index >= 15 is 0 Å². The molecule has 0 aliphatic heterocycles. The molecule has 0 aliphatic carbocycles. The third-order valence-corrected chi connectivity index (χ3v) is 5.56. The number of aliphatic hydroxyl groups excluding tert-OH is 1. The highest BCUT2D eigenvalue weighted by molar-refractivity contribution is 7.53. The topological polar surface area (TPSA) is 81.8 Å². The molecule has 5 nitrogen and oxygen atoms in total. The normalized spacial score (nSPS) is 18.7. The quantitative estimate of drug-likeness (QED) is 0.314. The fourth-order valence-electron chi connectivity index (χ4n) is 2.13. The molecular formula is C17H38NO4P. The van der Waals surface area contributed by atoms with Crippen LogP contribution in [0.1, 0.15) is 83.9 Å². The van der Waals surface area contributed by atoms with Crippen molar-refractivity contribution in [3.05, 3.63) is 0 Å². The van der Waals surface area contributed by atoms with Crippen molar-refractivity contribution >= 4 is 7.60 Å². The van der Waals surface area contributed by atoms with E-state index in [9.17, 15) is 9.67 Å². The Kier molecular flexibility index (Phi) is 10.4. The molecule has 0 rings (SSSR count). The molecule has 0 spiro atoms. The Bertz CT molecular complexity index is 445. The second-order valence-electron chi connectivity index (χ2n) is 5.55. The number of aliphatic hydroxyl groups is 1. The van der Waals surface area contributed by atoms with Gasteiger partial charge in [0.1, 0.15) is 0 Å². The van der Waals surface area contributed by atoms with E-state index in [4.69, 9.17) is 20.3 Å². The summed E-state index contributed by atoms with van der Waals surface area (Å²) in [6.07, 6.45) is -1.95. The summed E-state index contributed by atoms with van der Waals surface area (Å²) in [6, 6.07) is -1.08. The van der Waals surface area contributed by atoms with E-state index in [-0.39, 0.29) is 32.2 Å². The molecule has 0 saturated heterocycles. The highest BCUT2D eigenvalue weighted by Gasteiger charge is 2.26. The van der Waals surface area contributed by atoms with Crippen LogP contribution in [0.3, 0.4) is 0 Å². The highest BCUT2D eigenvalue weighted by atomic mass is 31.2. The van der Waals surface area contributed by atoms with Crippen molar-refractivity contribution in [3.8, 4) is 0 Å². The Morgan fingerprint density at radius 1 is 1.09 bits per heavy atom. The lowest BCUT2D eigenvalue weighted by Crippen LogP contribution is -2.35. The van der Waals surface area contributed by atoms with Crippen LogP contribution in [0.5, 0.6) is 0 Å². The fraction of sp³-hybridized carbons (Fsp3) is 1.00. The van der Waals surface area contributed by atoms with Crippen molar-refractivity contribution in [2.24, 2.45) is 5.73 Å². The van der Waals surface area contributed by atoms with Crippen LogP contribution in [0.25, 0.3) is 0 Å². The SMILES string of the molecule is [3H]C([3H])(CCCCCCC)C([3H])([3H])C(O)C(N)CCP(=O)(OCC)OCC. The first kappa shape index (κ1) is 16.5. The molecule has 0 saturated carbocycles. The van der Waals surface area contributed by atoms with Crippen molar-refractivity contribution in [3.63, 3.8) is 0 Å². The summed E-state index contributed by atoms with van der Waals surface area (Å²) in [4.78, 5) is 0. The summed E-state index contributed by atoms with van der Waals surface area (Å²) in [5, 5.41) is 10.4. The molecule has 6 heteroatoms. The molecule has 140 valence electrons. The van der Waals surface area contributed by atoms with E-state index in [1.807, 2.05) is 0 Å². The molecule has 0 aromatic rings. The van der Waals surface area contributed by atoms with E-state index in [0.29, 0.717) is 6.42 Å². The van der Waals surface area contributed by atoms with Crippen molar-refractivity contribution in [2.45, 2.75) is 90.6 Å². The highest BCUT2D eigenvalue weighted by Crippen LogP contribution is 2.48. The van der Waals surface area contributed by atoms with Gasteiger partial charge in [-0.05, 0) is 26.6 Å². The second kappa shape index (κ2) is 14.4. The third kappa shape index (κ3) is 12.1. The number of hydrogen-bond donors (Lipinski definition) is 2. The van der Waals surface area contributed by atoms with Crippen molar-refractivity contribution in [1.29, 1.82) is 0 Å². The molecule has 23 heavy (non-hydrogen) atoms. The summed E-state index contributed by atoms with van der Waals surface area (Å²) in [5.41, 5.74) is 5.91. The zero-order valence-electron chi connectivity index (χ0n) is 18.9. The van der Waals surface area contributed by atoms with Gasteiger partial charge in [0.2, 0.25) is 0 Å². The van der Waals surface area contributed by atoms with E-state index in [0.717, 1.165) is 25.7 Å². The first-order chi connectivity index (χ1) is 12.5. The monoisotopic (exact) mass is 359 g/mol. The van der Waals surface area contributed by atoms with Gasteiger partial charge in [0, 0.05) is 11.5 Å². The Balaban J connectivity index is 4.79. The average Bonchev–Trinajstić information content (AvgIpc) is 2.59. The van der Waals surface area contributed by atoms with E-state index in [1.54, 1.807) is 13.8 Å². The van der Waals surface area contributed by atoms with Crippen molar-refractivity contribution in [2.75, 3.05) is 19.4 Å². The van der Waals surface area contributed by atoms with Crippen molar-refractivity contribution in [1.82, 2.24) is 0 Å². The predicted octanol–water partition coefficient (Wildman–Crippen LogP) is 4.47. The summed E-state index contributed by atoms with van der Waals surface area (Å²) < 4.78 is 55.2. The molecule has 0 aromatic carbocycles. The molecule has 0 aromatic heterocycles. The Morgan fingerprint density at radius 3 is 2.22 bits per heavy atom. The number of rotatable bonds is 16. The molecule has 0 aliphatic rings. The van der Waals surface area contributed by atoms with E-state index in [2.05, 4.69) is 6.92 Å². The van der Waals surface area contributed by atoms with Gasteiger partial charge in [-0.3, -0.25) is 4.57 Å². The van der Waals surface area contributed by atoms with Gasteiger partial charge in [0.25, 0.3) is 0 Å². The van der Waals surface area contributed by atoms with Crippen LogP contribution in [0, 0.1) is 0 Å². The lowest BCUT2D eigenvalue weighted by atomic mass is 10.0. The largest absolute Gasteiger partial charge is 0.392 e. The molecule has 3 N–H and O–H groups in total. The van der Waals surface area contributed by atoms with Gasteiger partial charge >= 0.3 is 7.60 Å². The first-order valence-electron chi connectivity index (χ1n) is 10.8. The zero-order chi connectivity index (χ0) is 21.1. The van der Waals surface area contributed by atoms with Crippen LogP contribution in [0.2, 0.25) is 0 Å². The van der Waals surface area contributed by atoms with Crippen LogP contribution in [0.15, 0.2) is 0 Å². The average molecular weight is 360 g/mol. The minimum atomic E-state index is -3.34. The molecule has 0 fully saturated rings. The molecule has 0 amide bonds. The molecule has 0 heterocycles. The molecule has 2 unspecified atom stereocenters. The van der Waals surface area contributed by atoms with Crippen LogP contribution >= 0.6 is 7.60 Å². The third-order valence-electron chi connectivity index (χ3n) is 3.45. The Labute approximate surface area is 148 Å². The van der Waals surface area contributed by atoms with Crippen LogP contribution < -0.4 is 5.73 Å². The minimum Gasteiger partial charge on any atom is -0.392 e. The van der Waals surface area contributed by atoms with Crippen LogP contribution in [-0.2, 0) is 13.6 Å². The lowest BCUT2D eigenvalue weighted by molar-refractivity contribution is 0.128. The predicted molar refractivity (Wildman–Crippen MR) is 96.9 cm³/mol. The van der Waals surface area contributed by atoms with Gasteiger partial charge in [-0.25, -0.2) is 0 Å². The molecule has 2 atom stereocenters. The number of unbranched alkanes of at least 4 members (excludes halogenated alkanes) is 4. The maximum Gasteiger partial charge on any atom is 0.330 e. The number of hydrogen-bond acceptors (Lipinski definition) is 5. The van der Waals surface area contributed by atoms with E-state index in [1.165, 1.54) is 0 Å². The Hall–Kier alpha value is 0.0700. The smallest absolute Gasteiger partial charge is 0.330 e. The maximum absolute atomic E-state index is 12.5. The molecular weight excluding hydrogens is 313 g/mol. The second-order valence-corrected chi connectivity index (χ2v) is 7.74. The summed E-state index contributed by atoms with van der Waals surface area (Å²) in [7, 11) is -3.34. The first-order valence-corrected chi connectivity index (χ1v) is 10.5. The van der Waals surface area contributed by atoms with Crippen LogP contribution in [-0.4, -0.2) is 36.6 Å².